The lowest BCUT2D eigenvalue weighted by molar-refractivity contribution is 0.0275. The SMILES string of the molecule is CN(Cc1cc(-c2ccc(-c3ccc(Cl)nc3)nc2)n(S(=O)(=O)c2cccnc2)c1)C(=O)OC(C)(C)C.CN(Cc1cc(Br)n(S(=O)(=O)c2cccnc2)c1)C(=O)OC(C)(C)C. The summed E-state index contributed by atoms with van der Waals surface area (Å²) in [5.41, 5.74) is 2.39. The third-order valence-electron chi connectivity index (χ3n) is 8.36. The van der Waals surface area contributed by atoms with Gasteiger partial charge in [-0.25, -0.2) is 39.4 Å². The number of carbonyl (C=O) groups is 2. The van der Waals surface area contributed by atoms with E-state index in [1.54, 1.807) is 117 Å². The van der Waals surface area contributed by atoms with Crippen molar-refractivity contribution in [1.82, 2.24) is 37.7 Å². The summed E-state index contributed by atoms with van der Waals surface area (Å²) in [6, 6.07) is 16.5. The Kier molecular flexibility index (Phi) is 14.7. The summed E-state index contributed by atoms with van der Waals surface area (Å²) >= 11 is 9.13. The summed E-state index contributed by atoms with van der Waals surface area (Å²) in [6.45, 7) is 11.0. The monoisotopic (exact) mass is 968 g/mol. The molecule has 6 heterocycles. The van der Waals surface area contributed by atoms with E-state index in [9.17, 15) is 26.4 Å². The van der Waals surface area contributed by atoms with E-state index in [4.69, 9.17) is 21.1 Å². The van der Waals surface area contributed by atoms with Crippen LogP contribution in [0.25, 0.3) is 22.5 Å². The van der Waals surface area contributed by atoms with Crippen LogP contribution >= 0.6 is 27.5 Å². The van der Waals surface area contributed by atoms with Gasteiger partial charge in [-0.1, -0.05) is 11.6 Å². The molecule has 0 aliphatic heterocycles. The minimum atomic E-state index is -3.98. The molecule has 0 aromatic carbocycles. The lowest BCUT2D eigenvalue weighted by Gasteiger charge is -2.24. The summed E-state index contributed by atoms with van der Waals surface area (Å²) in [4.78, 5) is 43.8. The molecule has 62 heavy (non-hydrogen) atoms. The third-order valence-corrected chi connectivity index (χ3v) is 12.7. The van der Waals surface area contributed by atoms with Gasteiger partial charge in [0.05, 0.1) is 24.5 Å². The van der Waals surface area contributed by atoms with Crippen LogP contribution < -0.4 is 0 Å². The fraction of sp³-hybridized carbons (Fsp3) is 0.286. The van der Waals surface area contributed by atoms with E-state index in [2.05, 4.69) is 35.9 Å². The topological polar surface area (TPSA) is 189 Å². The normalized spacial score (nSPS) is 11.9. The smallest absolute Gasteiger partial charge is 0.410 e. The van der Waals surface area contributed by atoms with E-state index in [0.717, 1.165) is 9.54 Å². The zero-order valence-corrected chi connectivity index (χ0v) is 39.2. The van der Waals surface area contributed by atoms with Gasteiger partial charge in [0, 0.05) is 74.8 Å². The Labute approximate surface area is 374 Å². The number of hydrogen-bond donors (Lipinski definition) is 0. The number of ether oxygens (including phenoxy) is 2. The fourth-order valence-electron chi connectivity index (χ4n) is 5.56. The highest BCUT2D eigenvalue weighted by molar-refractivity contribution is 9.10. The predicted octanol–water partition coefficient (Wildman–Crippen LogP) is 8.51. The number of carbonyl (C=O) groups excluding carboxylic acids is 2. The second-order valence-electron chi connectivity index (χ2n) is 15.9. The molecule has 0 saturated heterocycles. The summed E-state index contributed by atoms with van der Waals surface area (Å²) in [6.07, 6.45) is 10.8. The van der Waals surface area contributed by atoms with Crippen LogP contribution in [0.5, 0.6) is 0 Å². The number of pyridine rings is 4. The van der Waals surface area contributed by atoms with Crippen molar-refractivity contribution >= 4 is 59.8 Å². The van der Waals surface area contributed by atoms with Crippen molar-refractivity contribution in [3.63, 3.8) is 0 Å². The fourth-order valence-corrected chi connectivity index (χ4v) is 9.23. The van der Waals surface area contributed by atoms with Gasteiger partial charge in [0.2, 0.25) is 0 Å². The minimum Gasteiger partial charge on any atom is -0.444 e. The molecule has 0 spiro atoms. The summed E-state index contributed by atoms with van der Waals surface area (Å²) in [5, 5.41) is 0.377. The molecule has 0 aliphatic carbocycles. The molecule has 6 rings (SSSR count). The van der Waals surface area contributed by atoms with Crippen LogP contribution in [-0.4, -0.2) is 92.0 Å². The molecular weight excluding hydrogens is 924 g/mol. The van der Waals surface area contributed by atoms with Gasteiger partial charge in [-0.15, -0.1) is 0 Å². The Morgan fingerprint density at radius 3 is 1.61 bits per heavy atom. The maximum absolute atomic E-state index is 13.5. The molecule has 2 amide bonds. The maximum Gasteiger partial charge on any atom is 0.410 e. The van der Waals surface area contributed by atoms with Crippen molar-refractivity contribution in [3.05, 3.63) is 131 Å². The molecule has 328 valence electrons. The first-order valence-electron chi connectivity index (χ1n) is 18.8. The number of aromatic nitrogens is 6. The largest absolute Gasteiger partial charge is 0.444 e. The first-order valence-corrected chi connectivity index (χ1v) is 22.9. The van der Waals surface area contributed by atoms with Crippen molar-refractivity contribution < 1.29 is 35.9 Å². The Hall–Kier alpha value is -5.63. The van der Waals surface area contributed by atoms with Crippen LogP contribution in [0.4, 0.5) is 9.59 Å². The summed E-state index contributed by atoms with van der Waals surface area (Å²) in [5.74, 6) is 0. The average Bonchev–Trinajstić information content (AvgIpc) is 3.81. The van der Waals surface area contributed by atoms with Gasteiger partial charge in [-0.3, -0.25) is 15.0 Å². The van der Waals surface area contributed by atoms with E-state index < -0.39 is 43.4 Å². The van der Waals surface area contributed by atoms with Gasteiger partial charge in [0.15, 0.2) is 0 Å². The zero-order valence-electron chi connectivity index (χ0n) is 35.2. The van der Waals surface area contributed by atoms with Crippen molar-refractivity contribution in [1.29, 1.82) is 0 Å². The standard InChI is InChI=1S/C26H26ClN5O4S.C16H20BrN3O4S/c1-26(2,3)36-25(33)31(4)16-18-12-23(32(17-18)37(34,35)21-6-5-11-28-15-21)20-7-9-22(29-14-20)19-8-10-24(27)30-13-19;1-16(2,3)24-15(21)19(4)10-12-8-14(17)20(11-12)25(22,23)13-6-5-7-18-9-13/h5-15,17H,16H2,1-4H3;5-9,11H,10H2,1-4H3. The van der Waals surface area contributed by atoms with E-state index >= 15 is 0 Å². The van der Waals surface area contributed by atoms with Crippen LogP contribution in [-0.2, 0) is 42.6 Å². The molecule has 6 aromatic heterocycles. The van der Waals surface area contributed by atoms with Crippen molar-refractivity contribution in [2.45, 2.75) is 75.6 Å². The molecule has 0 atom stereocenters. The third kappa shape index (κ3) is 12.3. The highest BCUT2D eigenvalue weighted by atomic mass is 79.9. The molecule has 0 bridgehead atoms. The second kappa shape index (κ2) is 19.2. The quantitative estimate of drug-likeness (QED) is 0.119. The van der Waals surface area contributed by atoms with Crippen LogP contribution in [0.15, 0.2) is 125 Å². The lowest BCUT2D eigenvalue weighted by atomic mass is 10.1. The zero-order chi connectivity index (χ0) is 45.6. The van der Waals surface area contributed by atoms with Crippen LogP contribution in [0.1, 0.15) is 52.7 Å². The lowest BCUT2D eigenvalue weighted by Crippen LogP contribution is -2.33. The van der Waals surface area contributed by atoms with Gasteiger partial charge in [0.1, 0.15) is 30.7 Å². The highest BCUT2D eigenvalue weighted by Gasteiger charge is 2.26. The van der Waals surface area contributed by atoms with Crippen molar-refractivity contribution in [2.24, 2.45) is 0 Å². The number of halogens is 2. The maximum atomic E-state index is 13.5. The number of nitrogens with zero attached hydrogens (tertiary/aromatic N) is 8. The summed E-state index contributed by atoms with van der Waals surface area (Å²) in [7, 11) is -4.56. The first kappa shape index (κ1) is 47.4. The molecule has 20 heteroatoms. The molecule has 0 N–H and O–H groups in total. The second-order valence-corrected chi connectivity index (χ2v) is 20.7. The molecule has 6 aromatic rings. The van der Waals surface area contributed by atoms with E-state index in [1.807, 2.05) is 0 Å². The van der Waals surface area contributed by atoms with Crippen molar-refractivity contribution in [3.8, 4) is 22.5 Å². The molecule has 0 aliphatic rings. The van der Waals surface area contributed by atoms with Gasteiger partial charge in [-0.05, 0) is 129 Å². The van der Waals surface area contributed by atoms with Crippen LogP contribution in [0, 0.1) is 0 Å². The summed E-state index contributed by atoms with van der Waals surface area (Å²) < 4.78 is 65.8. The molecule has 0 unspecified atom stereocenters. The van der Waals surface area contributed by atoms with Gasteiger partial charge in [-0.2, -0.15) is 0 Å². The Morgan fingerprint density at radius 1 is 0.677 bits per heavy atom. The van der Waals surface area contributed by atoms with E-state index in [1.165, 1.54) is 63.1 Å². The number of rotatable bonds is 10. The average molecular weight is 970 g/mol. The molecule has 16 nitrogen and oxygen atoms in total. The van der Waals surface area contributed by atoms with Gasteiger partial charge in [0.25, 0.3) is 20.0 Å². The molecule has 0 saturated carbocycles. The van der Waals surface area contributed by atoms with Gasteiger partial charge < -0.3 is 19.3 Å². The minimum absolute atomic E-state index is 0.0377. The molecule has 0 fully saturated rings. The van der Waals surface area contributed by atoms with E-state index in [-0.39, 0.29) is 22.9 Å². The molecular formula is C42H46BrClN8O8S2. The van der Waals surface area contributed by atoms with Crippen LogP contribution in [0.3, 0.4) is 0 Å². The first-order chi connectivity index (χ1) is 28.9. The van der Waals surface area contributed by atoms with E-state index in [0.29, 0.717) is 37.8 Å². The number of hydrogen-bond acceptors (Lipinski definition) is 12. The van der Waals surface area contributed by atoms with Crippen molar-refractivity contribution in [2.75, 3.05) is 14.1 Å². The predicted molar refractivity (Wildman–Crippen MR) is 237 cm³/mol. The number of amides is 2. The van der Waals surface area contributed by atoms with Gasteiger partial charge >= 0.3 is 12.2 Å². The molecule has 0 radical (unpaired) electrons. The highest BCUT2D eigenvalue weighted by Crippen LogP contribution is 2.29. The Bertz CT molecular complexity index is 2720. The Morgan fingerprint density at radius 2 is 1.16 bits per heavy atom. The van der Waals surface area contributed by atoms with Crippen LogP contribution in [0.2, 0.25) is 5.15 Å². The Balaban J connectivity index is 0.000000253.